The van der Waals surface area contributed by atoms with Crippen LogP contribution in [-0.2, 0) is 6.61 Å². The summed E-state index contributed by atoms with van der Waals surface area (Å²) >= 11 is 1.58. The van der Waals surface area contributed by atoms with Crippen molar-refractivity contribution >= 4 is 11.3 Å². The van der Waals surface area contributed by atoms with Crippen LogP contribution in [0.3, 0.4) is 0 Å². The number of hydrogen-bond acceptors (Lipinski definition) is 5. The van der Waals surface area contributed by atoms with Crippen molar-refractivity contribution in [3.8, 4) is 11.4 Å². The fourth-order valence-electron chi connectivity index (χ4n) is 1.89. The van der Waals surface area contributed by atoms with Gasteiger partial charge in [-0.1, -0.05) is 0 Å². The third-order valence-electron chi connectivity index (χ3n) is 2.87. The lowest BCUT2D eigenvalue weighted by Gasteiger charge is -2.07. The zero-order valence-electron chi connectivity index (χ0n) is 11.4. The predicted octanol–water partition coefficient (Wildman–Crippen LogP) is 2.58. The summed E-state index contributed by atoms with van der Waals surface area (Å²) in [6.45, 7) is 2.31. The van der Waals surface area contributed by atoms with Gasteiger partial charge in [0.05, 0.1) is 22.6 Å². The number of nitrogens with zero attached hydrogens (tertiary/aromatic N) is 3. The molecule has 0 aliphatic carbocycles. The molecule has 5 nitrogen and oxygen atoms in total. The molecular formula is C15H13N3O2S. The third kappa shape index (κ3) is 3.17. The van der Waals surface area contributed by atoms with Crippen LogP contribution in [0.15, 0.2) is 53.0 Å². The number of thiazole rings is 1. The number of hydrogen-bond donors (Lipinski definition) is 0. The van der Waals surface area contributed by atoms with Gasteiger partial charge < -0.3 is 4.74 Å². The molecule has 0 spiro atoms. The molecule has 0 unspecified atom stereocenters. The monoisotopic (exact) mass is 299 g/mol. The van der Waals surface area contributed by atoms with E-state index in [1.807, 2.05) is 18.4 Å². The van der Waals surface area contributed by atoms with Crippen molar-refractivity contribution in [1.29, 1.82) is 0 Å². The highest BCUT2D eigenvalue weighted by molar-refractivity contribution is 7.09. The van der Waals surface area contributed by atoms with Gasteiger partial charge in [0.2, 0.25) is 0 Å². The second-order valence-corrected chi connectivity index (χ2v) is 5.49. The molecule has 0 saturated heterocycles. The van der Waals surface area contributed by atoms with Gasteiger partial charge in [-0.2, -0.15) is 0 Å². The number of pyridine rings is 2. The predicted molar refractivity (Wildman–Crippen MR) is 81.0 cm³/mol. The molecule has 0 fully saturated rings. The molecule has 0 amide bonds. The average Bonchev–Trinajstić information content (AvgIpc) is 2.92. The van der Waals surface area contributed by atoms with E-state index in [4.69, 9.17) is 4.74 Å². The summed E-state index contributed by atoms with van der Waals surface area (Å²) in [5.74, 6) is 0.533. The van der Waals surface area contributed by atoms with Gasteiger partial charge in [-0.05, 0) is 25.1 Å². The Morgan fingerprint density at radius 2 is 2.29 bits per heavy atom. The van der Waals surface area contributed by atoms with E-state index in [1.165, 1.54) is 10.6 Å². The first-order valence-electron chi connectivity index (χ1n) is 6.39. The van der Waals surface area contributed by atoms with Crippen LogP contribution >= 0.6 is 11.3 Å². The van der Waals surface area contributed by atoms with E-state index in [0.717, 1.165) is 16.4 Å². The Morgan fingerprint density at radius 3 is 2.95 bits per heavy atom. The molecule has 3 rings (SSSR count). The summed E-state index contributed by atoms with van der Waals surface area (Å²) in [6.07, 6.45) is 4.99. The summed E-state index contributed by atoms with van der Waals surface area (Å²) in [7, 11) is 0. The summed E-state index contributed by atoms with van der Waals surface area (Å²) in [5.41, 5.74) is 1.44. The normalized spacial score (nSPS) is 10.5. The molecule has 3 heterocycles. The van der Waals surface area contributed by atoms with Crippen LogP contribution < -0.4 is 10.3 Å². The van der Waals surface area contributed by atoms with Gasteiger partial charge in [-0.3, -0.25) is 14.3 Å². The zero-order valence-corrected chi connectivity index (χ0v) is 12.2. The summed E-state index contributed by atoms with van der Waals surface area (Å²) < 4.78 is 7.11. The molecule has 0 aromatic carbocycles. The highest BCUT2D eigenvalue weighted by Gasteiger charge is 2.04. The zero-order chi connectivity index (χ0) is 14.7. The first-order chi connectivity index (χ1) is 10.2. The highest BCUT2D eigenvalue weighted by Crippen LogP contribution is 2.13. The van der Waals surface area contributed by atoms with Crippen LogP contribution in [0, 0.1) is 6.92 Å². The van der Waals surface area contributed by atoms with E-state index in [-0.39, 0.29) is 5.56 Å². The Hall–Kier alpha value is -2.47. The van der Waals surface area contributed by atoms with Gasteiger partial charge in [-0.25, -0.2) is 4.98 Å². The molecule has 3 aromatic heterocycles. The van der Waals surface area contributed by atoms with Crippen LogP contribution in [0.4, 0.5) is 0 Å². The molecular weight excluding hydrogens is 286 g/mol. The second kappa shape index (κ2) is 5.88. The van der Waals surface area contributed by atoms with Crippen molar-refractivity contribution in [3.63, 3.8) is 0 Å². The molecule has 0 aliphatic heterocycles. The second-order valence-electron chi connectivity index (χ2n) is 4.43. The summed E-state index contributed by atoms with van der Waals surface area (Å²) in [4.78, 5) is 20.4. The minimum atomic E-state index is -0.157. The Balaban J connectivity index is 1.77. The molecule has 0 N–H and O–H groups in total. The quantitative estimate of drug-likeness (QED) is 0.743. The van der Waals surface area contributed by atoms with Gasteiger partial charge in [0.25, 0.3) is 5.56 Å². The lowest BCUT2D eigenvalue weighted by atomic mass is 10.3. The number of aryl methyl sites for hydroxylation is 1. The van der Waals surface area contributed by atoms with Crippen molar-refractivity contribution in [3.05, 3.63) is 69.3 Å². The van der Waals surface area contributed by atoms with E-state index >= 15 is 0 Å². The fourth-order valence-corrected chi connectivity index (χ4v) is 2.49. The molecule has 0 bridgehead atoms. The number of rotatable bonds is 4. The first-order valence-corrected chi connectivity index (χ1v) is 7.27. The fraction of sp³-hybridized carbons (Fsp3) is 0.133. The van der Waals surface area contributed by atoms with E-state index in [1.54, 1.807) is 42.1 Å². The average molecular weight is 299 g/mol. The van der Waals surface area contributed by atoms with E-state index < -0.39 is 0 Å². The van der Waals surface area contributed by atoms with Gasteiger partial charge >= 0.3 is 0 Å². The topological polar surface area (TPSA) is 57.0 Å². The number of aromatic nitrogens is 3. The highest BCUT2D eigenvalue weighted by atomic mass is 32.1. The van der Waals surface area contributed by atoms with Crippen LogP contribution in [0.5, 0.6) is 5.75 Å². The maximum atomic E-state index is 12.1. The van der Waals surface area contributed by atoms with Crippen LogP contribution in [0.2, 0.25) is 0 Å². The molecule has 0 radical (unpaired) electrons. The Bertz CT molecular complexity index is 796. The van der Waals surface area contributed by atoms with Gasteiger partial charge in [0.15, 0.2) is 0 Å². The summed E-state index contributed by atoms with van der Waals surface area (Å²) in [6, 6.07) is 6.84. The van der Waals surface area contributed by atoms with E-state index in [9.17, 15) is 4.79 Å². The third-order valence-corrected chi connectivity index (χ3v) is 3.69. The van der Waals surface area contributed by atoms with Crippen molar-refractivity contribution in [2.24, 2.45) is 0 Å². The van der Waals surface area contributed by atoms with Crippen molar-refractivity contribution < 1.29 is 4.74 Å². The lowest BCUT2D eigenvalue weighted by molar-refractivity contribution is 0.301. The van der Waals surface area contributed by atoms with Gasteiger partial charge in [-0.15, -0.1) is 11.3 Å². The minimum absolute atomic E-state index is 0.157. The SMILES string of the molecule is Cc1nc(COc2ccn(-c3cccnc3)c(=O)c2)cs1. The molecule has 0 saturated carbocycles. The molecule has 21 heavy (non-hydrogen) atoms. The molecule has 106 valence electrons. The van der Waals surface area contributed by atoms with Crippen molar-refractivity contribution in [1.82, 2.24) is 14.5 Å². The Morgan fingerprint density at radius 1 is 1.38 bits per heavy atom. The molecule has 6 heteroatoms. The smallest absolute Gasteiger partial charge is 0.258 e. The van der Waals surface area contributed by atoms with Crippen LogP contribution in [0.25, 0.3) is 5.69 Å². The molecule has 0 aliphatic rings. The number of ether oxygens (including phenoxy) is 1. The summed E-state index contributed by atoms with van der Waals surface area (Å²) in [5, 5.41) is 2.95. The van der Waals surface area contributed by atoms with Crippen LogP contribution in [0.1, 0.15) is 10.7 Å². The Kier molecular flexibility index (Phi) is 3.79. The molecule has 3 aromatic rings. The maximum Gasteiger partial charge on any atom is 0.258 e. The minimum Gasteiger partial charge on any atom is -0.487 e. The van der Waals surface area contributed by atoms with E-state index in [0.29, 0.717) is 12.4 Å². The van der Waals surface area contributed by atoms with E-state index in [2.05, 4.69) is 9.97 Å². The lowest BCUT2D eigenvalue weighted by Crippen LogP contribution is -2.16. The van der Waals surface area contributed by atoms with Gasteiger partial charge in [0, 0.05) is 23.8 Å². The standard InChI is InChI=1S/C15H13N3O2S/c1-11-17-12(10-21-11)9-20-14-4-6-18(15(19)7-14)13-3-2-5-16-8-13/h2-8,10H,9H2,1H3. The van der Waals surface area contributed by atoms with Crippen LogP contribution in [-0.4, -0.2) is 14.5 Å². The van der Waals surface area contributed by atoms with Gasteiger partial charge in [0.1, 0.15) is 12.4 Å². The Labute approximate surface area is 125 Å². The largest absolute Gasteiger partial charge is 0.487 e. The molecule has 0 atom stereocenters. The first kappa shape index (κ1) is 13.5. The van der Waals surface area contributed by atoms with Crippen molar-refractivity contribution in [2.75, 3.05) is 0 Å². The maximum absolute atomic E-state index is 12.1. The van der Waals surface area contributed by atoms with Crippen molar-refractivity contribution in [2.45, 2.75) is 13.5 Å².